The van der Waals surface area contributed by atoms with Gasteiger partial charge in [-0.3, -0.25) is 4.79 Å². The number of carbonyl (C=O) groups is 1. The standard InChI is InChI=1S/C9H5Cl3O2/c10-8(9(11)12)5-1-2-6(4-13)7(14)3-5/h1-4,14H. The van der Waals surface area contributed by atoms with Crippen LogP contribution < -0.4 is 0 Å². The van der Waals surface area contributed by atoms with Crippen molar-refractivity contribution in [3.63, 3.8) is 0 Å². The molecule has 14 heavy (non-hydrogen) atoms. The van der Waals surface area contributed by atoms with Crippen LogP contribution in [0.25, 0.3) is 5.03 Å². The van der Waals surface area contributed by atoms with E-state index in [-0.39, 0.29) is 20.8 Å². The second kappa shape index (κ2) is 4.69. The van der Waals surface area contributed by atoms with E-state index < -0.39 is 0 Å². The zero-order valence-corrected chi connectivity index (χ0v) is 9.07. The summed E-state index contributed by atoms with van der Waals surface area (Å²) in [6.45, 7) is 0. The van der Waals surface area contributed by atoms with Crippen molar-refractivity contribution >= 4 is 46.1 Å². The van der Waals surface area contributed by atoms with Gasteiger partial charge in [-0.25, -0.2) is 0 Å². The third-order valence-electron chi connectivity index (χ3n) is 1.58. The van der Waals surface area contributed by atoms with Gasteiger partial charge in [-0.05, 0) is 17.7 Å². The topological polar surface area (TPSA) is 37.3 Å². The van der Waals surface area contributed by atoms with Crippen LogP contribution in [-0.4, -0.2) is 11.4 Å². The second-order valence-electron chi connectivity index (χ2n) is 2.47. The van der Waals surface area contributed by atoms with Crippen molar-refractivity contribution in [2.45, 2.75) is 0 Å². The van der Waals surface area contributed by atoms with Crippen LogP contribution in [0.5, 0.6) is 5.75 Å². The summed E-state index contributed by atoms with van der Waals surface area (Å²) in [6, 6.07) is 4.28. The maximum atomic E-state index is 10.4. The fourth-order valence-electron chi connectivity index (χ4n) is 0.889. The van der Waals surface area contributed by atoms with Crippen molar-refractivity contribution < 1.29 is 9.90 Å². The predicted octanol–water partition coefficient (Wildman–Crippen LogP) is 3.55. The molecule has 0 aliphatic rings. The summed E-state index contributed by atoms with van der Waals surface area (Å²) < 4.78 is -0.0927. The quantitative estimate of drug-likeness (QED) is 0.816. The first kappa shape index (κ1) is 11.4. The van der Waals surface area contributed by atoms with Crippen molar-refractivity contribution in [1.82, 2.24) is 0 Å². The molecule has 5 heteroatoms. The first-order valence-corrected chi connectivity index (χ1v) is 4.69. The fourth-order valence-corrected chi connectivity index (χ4v) is 1.22. The normalized spacial score (nSPS) is 9.64. The van der Waals surface area contributed by atoms with Gasteiger partial charge in [-0.2, -0.15) is 0 Å². The Labute approximate surface area is 95.7 Å². The Kier molecular flexibility index (Phi) is 3.81. The zero-order chi connectivity index (χ0) is 10.7. The average molecular weight is 251 g/mol. The first-order chi connectivity index (χ1) is 6.56. The van der Waals surface area contributed by atoms with Crippen LogP contribution in [0, 0.1) is 0 Å². The Morgan fingerprint density at radius 2 is 1.93 bits per heavy atom. The Balaban J connectivity index is 3.22. The number of aldehydes is 1. The minimum atomic E-state index is -0.162. The summed E-state index contributed by atoms with van der Waals surface area (Å²) in [6.07, 6.45) is 0.541. The molecular weight excluding hydrogens is 246 g/mol. The first-order valence-electron chi connectivity index (χ1n) is 3.55. The molecule has 0 unspecified atom stereocenters. The third kappa shape index (κ3) is 2.41. The van der Waals surface area contributed by atoms with Crippen LogP contribution >= 0.6 is 34.8 Å². The van der Waals surface area contributed by atoms with Crippen LogP contribution in [0.2, 0.25) is 0 Å². The SMILES string of the molecule is O=Cc1ccc(C(Cl)=C(Cl)Cl)cc1O. The molecule has 0 saturated carbocycles. The summed E-state index contributed by atoms with van der Waals surface area (Å²) in [5.74, 6) is -0.162. The number of benzene rings is 1. The Hall–Kier alpha value is -0.700. The summed E-state index contributed by atoms with van der Waals surface area (Å²) in [7, 11) is 0. The number of carbonyl (C=O) groups excluding carboxylic acids is 1. The highest BCUT2D eigenvalue weighted by molar-refractivity contribution is 6.66. The second-order valence-corrected chi connectivity index (χ2v) is 3.79. The van der Waals surface area contributed by atoms with Gasteiger partial charge < -0.3 is 5.11 Å². The van der Waals surface area contributed by atoms with Gasteiger partial charge in [0.1, 0.15) is 10.2 Å². The van der Waals surface area contributed by atoms with E-state index >= 15 is 0 Å². The Bertz CT molecular complexity index is 395. The van der Waals surface area contributed by atoms with Crippen molar-refractivity contribution in [2.75, 3.05) is 0 Å². The fraction of sp³-hybridized carbons (Fsp3) is 0. The molecule has 1 aromatic carbocycles. The van der Waals surface area contributed by atoms with Crippen molar-refractivity contribution in [3.05, 3.63) is 33.8 Å². The van der Waals surface area contributed by atoms with Gasteiger partial charge in [0, 0.05) is 0 Å². The van der Waals surface area contributed by atoms with Gasteiger partial charge in [0.25, 0.3) is 0 Å². The van der Waals surface area contributed by atoms with Crippen LogP contribution in [0.3, 0.4) is 0 Å². The van der Waals surface area contributed by atoms with Gasteiger partial charge in [0.05, 0.1) is 10.6 Å². The molecular formula is C9H5Cl3O2. The summed E-state index contributed by atoms with van der Waals surface area (Å²) >= 11 is 16.6. The summed E-state index contributed by atoms with van der Waals surface area (Å²) in [5, 5.41) is 9.45. The maximum absolute atomic E-state index is 10.4. The van der Waals surface area contributed by atoms with Gasteiger partial charge in [0.15, 0.2) is 6.29 Å². The molecule has 0 aliphatic heterocycles. The highest BCUT2D eigenvalue weighted by Gasteiger charge is 2.06. The molecule has 1 N–H and O–H groups in total. The Morgan fingerprint density at radius 1 is 1.29 bits per heavy atom. The third-order valence-corrected chi connectivity index (χ3v) is 2.56. The molecule has 0 aliphatic carbocycles. The van der Waals surface area contributed by atoms with Gasteiger partial charge >= 0.3 is 0 Å². The monoisotopic (exact) mass is 250 g/mol. The molecule has 1 rings (SSSR count). The average Bonchev–Trinajstić information content (AvgIpc) is 2.16. The molecule has 0 radical (unpaired) electrons. The van der Waals surface area contributed by atoms with E-state index in [1.54, 1.807) is 0 Å². The van der Waals surface area contributed by atoms with Crippen LogP contribution in [0.4, 0.5) is 0 Å². The van der Waals surface area contributed by atoms with E-state index in [2.05, 4.69) is 0 Å². The minimum absolute atomic E-state index is 0.0927. The lowest BCUT2D eigenvalue weighted by Crippen LogP contribution is -1.84. The number of rotatable bonds is 2. The van der Waals surface area contributed by atoms with Crippen LogP contribution in [0.1, 0.15) is 15.9 Å². The number of hydrogen-bond donors (Lipinski definition) is 1. The van der Waals surface area contributed by atoms with Gasteiger partial charge in [0.2, 0.25) is 0 Å². The lowest BCUT2D eigenvalue weighted by Gasteiger charge is -2.02. The van der Waals surface area contributed by atoms with E-state index in [1.807, 2.05) is 0 Å². The summed E-state index contributed by atoms with van der Waals surface area (Å²) in [4.78, 5) is 10.4. The largest absolute Gasteiger partial charge is 0.507 e. The molecule has 0 spiro atoms. The van der Waals surface area contributed by atoms with Gasteiger partial charge in [-0.1, -0.05) is 40.9 Å². The number of hydrogen-bond acceptors (Lipinski definition) is 2. The lowest BCUT2D eigenvalue weighted by atomic mass is 10.1. The Morgan fingerprint density at radius 3 is 2.36 bits per heavy atom. The summed E-state index contributed by atoms with van der Waals surface area (Å²) in [5.41, 5.74) is 0.638. The van der Waals surface area contributed by atoms with E-state index in [0.717, 1.165) is 0 Å². The number of aromatic hydroxyl groups is 1. The van der Waals surface area contributed by atoms with E-state index in [4.69, 9.17) is 34.8 Å². The molecule has 0 saturated heterocycles. The predicted molar refractivity (Wildman–Crippen MR) is 58.0 cm³/mol. The lowest BCUT2D eigenvalue weighted by molar-refractivity contribution is 0.112. The molecule has 0 aromatic heterocycles. The van der Waals surface area contributed by atoms with Gasteiger partial charge in [-0.15, -0.1) is 0 Å². The van der Waals surface area contributed by atoms with Crippen molar-refractivity contribution in [1.29, 1.82) is 0 Å². The number of phenols is 1. The van der Waals surface area contributed by atoms with Crippen LogP contribution in [0.15, 0.2) is 22.7 Å². The van der Waals surface area contributed by atoms with E-state index in [0.29, 0.717) is 11.8 Å². The van der Waals surface area contributed by atoms with Crippen molar-refractivity contribution in [3.8, 4) is 5.75 Å². The highest BCUT2D eigenvalue weighted by atomic mass is 35.5. The zero-order valence-electron chi connectivity index (χ0n) is 6.80. The molecule has 0 fully saturated rings. The molecule has 0 heterocycles. The molecule has 74 valence electrons. The highest BCUT2D eigenvalue weighted by Crippen LogP contribution is 2.30. The van der Waals surface area contributed by atoms with E-state index in [1.165, 1.54) is 18.2 Å². The molecule has 1 aromatic rings. The van der Waals surface area contributed by atoms with E-state index in [9.17, 15) is 9.90 Å². The maximum Gasteiger partial charge on any atom is 0.153 e. The smallest absolute Gasteiger partial charge is 0.153 e. The van der Waals surface area contributed by atoms with Crippen molar-refractivity contribution in [2.24, 2.45) is 0 Å². The van der Waals surface area contributed by atoms with Crippen LogP contribution in [-0.2, 0) is 0 Å². The number of phenolic OH excluding ortho intramolecular Hbond substituents is 1. The molecule has 0 bridgehead atoms. The molecule has 0 atom stereocenters. The minimum Gasteiger partial charge on any atom is -0.507 e. The molecule has 0 amide bonds. The number of halogens is 3. The molecule has 2 nitrogen and oxygen atoms in total.